The SMILES string of the molecule is CCc1cccc(-c2cccccc2=O)c1C. The van der Waals surface area contributed by atoms with Gasteiger partial charge in [0.1, 0.15) is 0 Å². The molecule has 0 saturated heterocycles. The van der Waals surface area contributed by atoms with Crippen molar-refractivity contribution in [3.8, 4) is 11.1 Å². The number of aryl methyl sites for hydroxylation is 1. The summed E-state index contributed by atoms with van der Waals surface area (Å²) < 4.78 is 0. The summed E-state index contributed by atoms with van der Waals surface area (Å²) in [6, 6.07) is 15.2. The van der Waals surface area contributed by atoms with Crippen molar-refractivity contribution in [1.29, 1.82) is 0 Å². The summed E-state index contributed by atoms with van der Waals surface area (Å²) in [5, 5.41) is 0. The van der Waals surface area contributed by atoms with E-state index in [0.717, 1.165) is 17.5 Å². The summed E-state index contributed by atoms with van der Waals surface area (Å²) in [4.78, 5) is 12.0. The molecule has 2 aromatic rings. The van der Waals surface area contributed by atoms with Crippen molar-refractivity contribution < 1.29 is 0 Å². The van der Waals surface area contributed by atoms with Gasteiger partial charge in [-0.05, 0) is 36.1 Å². The molecule has 0 radical (unpaired) electrons. The largest absolute Gasteiger partial charge is 0.289 e. The molecule has 1 heteroatoms. The average Bonchev–Trinajstić information content (AvgIpc) is 2.55. The van der Waals surface area contributed by atoms with Crippen LogP contribution in [0, 0.1) is 6.92 Å². The van der Waals surface area contributed by atoms with Crippen molar-refractivity contribution >= 4 is 0 Å². The molecular formula is C16H16O. The van der Waals surface area contributed by atoms with Crippen LogP contribution in [0.3, 0.4) is 0 Å². The van der Waals surface area contributed by atoms with E-state index in [1.54, 1.807) is 12.1 Å². The van der Waals surface area contributed by atoms with Gasteiger partial charge in [-0.25, -0.2) is 0 Å². The lowest BCUT2D eigenvalue weighted by molar-refractivity contribution is 1.11. The maximum Gasteiger partial charge on any atom is 0.186 e. The van der Waals surface area contributed by atoms with Crippen LogP contribution in [0.5, 0.6) is 0 Å². The topological polar surface area (TPSA) is 17.1 Å². The molecule has 0 bridgehead atoms. The molecule has 1 nitrogen and oxygen atoms in total. The molecule has 17 heavy (non-hydrogen) atoms. The first-order valence-corrected chi connectivity index (χ1v) is 5.92. The second kappa shape index (κ2) is 4.96. The Kier molecular flexibility index (Phi) is 3.38. The summed E-state index contributed by atoms with van der Waals surface area (Å²) in [5.41, 5.74) is 4.41. The van der Waals surface area contributed by atoms with Gasteiger partial charge in [0.05, 0.1) is 0 Å². The highest BCUT2D eigenvalue weighted by molar-refractivity contribution is 5.68. The van der Waals surface area contributed by atoms with Crippen LogP contribution in [0.25, 0.3) is 11.1 Å². The standard InChI is InChI=1S/C16H16O/c1-3-13-8-7-10-14(12(13)2)15-9-5-4-6-11-16(15)17/h4-11H,3H2,1-2H3. The Hall–Kier alpha value is -1.89. The maximum absolute atomic E-state index is 12.0. The lowest BCUT2D eigenvalue weighted by atomic mass is 9.96. The molecule has 0 atom stereocenters. The fourth-order valence-electron chi connectivity index (χ4n) is 2.11. The molecule has 2 rings (SSSR count). The second-order valence-corrected chi connectivity index (χ2v) is 4.13. The van der Waals surface area contributed by atoms with Crippen LogP contribution in [0.15, 0.2) is 53.3 Å². The number of hydrogen-bond donors (Lipinski definition) is 0. The van der Waals surface area contributed by atoms with Gasteiger partial charge < -0.3 is 0 Å². The smallest absolute Gasteiger partial charge is 0.186 e. The molecule has 0 N–H and O–H groups in total. The monoisotopic (exact) mass is 224 g/mol. The van der Waals surface area contributed by atoms with E-state index in [9.17, 15) is 4.79 Å². The van der Waals surface area contributed by atoms with Crippen LogP contribution in [0.1, 0.15) is 18.1 Å². The molecule has 0 unspecified atom stereocenters. The van der Waals surface area contributed by atoms with Gasteiger partial charge in [-0.3, -0.25) is 4.79 Å². The van der Waals surface area contributed by atoms with E-state index in [2.05, 4.69) is 19.9 Å². The average molecular weight is 224 g/mol. The third-order valence-corrected chi connectivity index (χ3v) is 3.12. The van der Waals surface area contributed by atoms with Crippen molar-refractivity contribution in [3.05, 3.63) is 69.9 Å². The fraction of sp³-hybridized carbons (Fsp3) is 0.188. The van der Waals surface area contributed by atoms with E-state index >= 15 is 0 Å². The Morgan fingerprint density at radius 2 is 1.59 bits per heavy atom. The summed E-state index contributed by atoms with van der Waals surface area (Å²) in [7, 11) is 0. The Morgan fingerprint density at radius 3 is 2.35 bits per heavy atom. The Balaban J connectivity index is 2.70. The van der Waals surface area contributed by atoms with E-state index in [4.69, 9.17) is 0 Å². The molecule has 0 fully saturated rings. The van der Waals surface area contributed by atoms with Crippen LogP contribution in [-0.4, -0.2) is 0 Å². The normalized spacial score (nSPS) is 10.2. The minimum atomic E-state index is 0.0753. The van der Waals surface area contributed by atoms with Crippen molar-refractivity contribution in [2.45, 2.75) is 20.3 Å². The van der Waals surface area contributed by atoms with Gasteiger partial charge in [-0.15, -0.1) is 0 Å². The molecule has 0 aliphatic rings. The second-order valence-electron chi connectivity index (χ2n) is 4.13. The molecule has 86 valence electrons. The van der Waals surface area contributed by atoms with Gasteiger partial charge in [0.2, 0.25) is 0 Å². The van der Waals surface area contributed by atoms with Crippen LogP contribution >= 0.6 is 0 Å². The summed E-state index contributed by atoms with van der Waals surface area (Å²) in [5.74, 6) is 0. The van der Waals surface area contributed by atoms with E-state index < -0.39 is 0 Å². The van der Waals surface area contributed by atoms with Gasteiger partial charge in [0.25, 0.3) is 0 Å². The number of benzene rings is 1. The first kappa shape index (κ1) is 11.6. The Morgan fingerprint density at radius 1 is 0.882 bits per heavy atom. The molecule has 0 aliphatic heterocycles. The maximum atomic E-state index is 12.0. The lowest BCUT2D eigenvalue weighted by Crippen LogP contribution is -2.01. The van der Waals surface area contributed by atoms with Crippen LogP contribution in [0.4, 0.5) is 0 Å². The van der Waals surface area contributed by atoms with E-state index in [1.807, 2.05) is 30.3 Å². The van der Waals surface area contributed by atoms with Crippen molar-refractivity contribution in [2.75, 3.05) is 0 Å². The molecule has 0 saturated carbocycles. The zero-order valence-corrected chi connectivity index (χ0v) is 10.2. The third kappa shape index (κ3) is 2.28. The molecule has 0 amide bonds. The Labute approximate surface area is 102 Å². The number of rotatable bonds is 2. The molecule has 0 heterocycles. The quantitative estimate of drug-likeness (QED) is 0.762. The summed E-state index contributed by atoms with van der Waals surface area (Å²) in [6.07, 6.45) is 0.993. The fourth-order valence-corrected chi connectivity index (χ4v) is 2.11. The highest BCUT2D eigenvalue weighted by Gasteiger charge is 2.06. The molecule has 0 aliphatic carbocycles. The summed E-state index contributed by atoms with van der Waals surface area (Å²) >= 11 is 0. The first-order chi connectivity index (χ1) is 8.24. The minimum Gasteiger partial charge on any atom is -0.289 e. The zero-order valence-electron chi connectivity index (χ0n) is 10.2. The highest BCUT2D eigenvalue weighted by Crippen LogP contribution is 2.23. The molecule has 2 aromatic carbocycles. The Bertz CT molecular complexity index is 585. The first-order valence-electron chi connectivity index (χ1n) is 5.92. The van der Waals surface area contributed by atoms with Gasteiger partial charge >= 0.3 is 0 Å². The van der Waals surface area contributed by atoms with Gasteiger partial charge in [0.15, 0.2) is 5.43 Å². The lowest BCUT2D eigenvalue weighted by Gasteiger charge is -2.08. The van der Waals surface area contributed by atoms with Gasteiger partial charge in [0, 0.05) is 5.56 Å². The number of hydrogen-bond acceptors (Lipinski definition) is 1. The van der Waals surface area contributed by atoms with Crippen molar-refractivity contribution in [2.24, 2.45) is 0 Å². The van der Waals surface area contributed by atoms with Gasteiger partial charge in [-0.1, -0.05) is 49.4 Å². The van der Waals surface area contributed by atoms with E-state index in [0.29, 0.717) is 0 Å². The predicted octanol–water partition coefficient (Wildman–Crippen LogP) is 3.58. The van der Waals surface area contributed by atoms with E-state index in [-0.39, 0.29) is 5.43 Å². The van der Waals surface area contributed by atoms with Crippen LogP contribution in [0.2, 0.25) is 0 Å². The van der Waals surface area contributed by atoms with E-state index in [1.165, 1.54) is 11.1 Å². The zero-order chi connectivity index (χ0) is 12.3. The molecule has 0 spiro atoms. The third-order valence-electron chi connectivity index (χ3n) is 3.12. The minimum absolute atomic E-state index is 0.0753. The summed E-state index contributed by atoms with van der Waals surface area (Å²) in [6.45, 7) is 4.22. The van der Waals surface area contributed by atoms with Crippen LogP contribution in [-0.2, 0) is 6.42 Å². The highest BCUT2D eigenvalue weighted by atomic mass is 16.1. The van der Waals surface area contributed by atoms with Crippen molar-refractivity contribution in [1.82, 2.24) is 0 Å². The van der Waals surface area contributed by atoms with Crippen molar-refractivity contribution in [3.63, 3.8) is 0 Å². The molecular weight excluding hydrogens is 208 g/mol. The molecule has 0 aromatic heterocycles. The van der Waals surface area contributed by atoms with Crippen LogP contribution < -0.4 is 5.43 Å². The van der Waals surface area contributed by atoms with Gasteiger partial charge in [-0.2, -0.15) is 0 Å². The predicted molar refractivity (Wildman–Crippen MR) is 72.3 cm³/mol.